The van der Waals surface area contributed by atoms with Crippen molar-refractivity contribution in [1.29, 1.82) is 0 Å². The van der Waals surface area contributed by atoms with E-state index in [1.165, 1.54) is 0 Å². The second kappa shape index (κ2) is 7.03. The summed E-state index contributed by atoms with van der Waals surface area (Å²) in [4.78, 5) is 9.38. The Balaban J connectivity index is 1.21. The quantitative estimate of drug-likeness (QED) is 0.340. The van der Waals surface area contributed by atoms with Gasteiger partial charge < -0.3 is 18.8 Å². The third-order valence-corrected chi connectivity index (χ3v) is 8.65. The monoisotopic (exact) mass is 519 g/mol. The maximum absolute atomic E-state index is 6.50. The summed E-state index contributed by atoms with van der Waals surface area (Å²) in [5, 5.41) is 2.24. The number of benzene rings is 1. The molecule has 0 spiro atoms. The Bertz CT molecular complexity index is 1450. The van der Waals surface area contributed by atoms with E-state index in [9.17, 15) is 0 Å². The van der Waals surface area contributed by atoms with Crippen molar-refractivity contribution in [1.82, 2.24) is 14.5 Å². The van der Waals surface area contributed by atoms with Crippen molar-refractivity contribution < 1.29 is 14.2 Å². The first-order valence-corrected chi connectivity index (χ1v) is 12.6. The van der Waals surface area contributed by atoms with Crippen LogP contribution in [0.5, 0.6) is 5.75 Å². The molecular weight excluding hydrogens is 494 g/mol. The molecule has 174 valence electrons. The first-order valence-electron chi connectivity index (χ1n) is 11.8. The Morgan fingerprint density at radius 2 is 2.03 bits per heavy atom. The normalized spacial score (nSPS) is 31.1. The fourth-order valence-electron chi connectivity index (χ4n) is 6.20. The predicted octanol–water partition coefficient (Wildman–Crippen LogP) is 5.82. The highest BCUT2D eigenvalue weighted by atomic mass is 79.9. The molecule has 3 fully saturated rings. The summed E-state index contributed by atoms with van der Waals surface area (Å²) in [5.74, 6) is 0.656. The van der Waals surface area contributed by atoms with Crippen LogP contribution < -0.4 is 4.74 Å². The number of hydrogen-bond donors (Lipinski definition) is 0. The maximum Gasteiger partial charge on any atom is 0.163 e. The molecule has 34 heavy (non-hydrogen) atoms. The molecule has 7 heteroatoms. The van der Waals surface area contributed by atoms with Gasteiger partial charge in [0.2, 0.25) is 0 Å². The van der Waals surface area contributed by atoms with Gasteiger partial charge in [0.1, 0.15) is 17.5 Å². The van der Waals surface area contributed by atoms with Crippen molar-refractivity contribution >= 4 is 37.9 Å². The standard InChI is InChI=1S/C27H26BrN3O3/c1-15-20(28)11-17-6-7-18(12-21(17)30-15)32-14-27-13-19(27)22(23-24(27)34-26(2,3)33-23)31-10-8-16-5-4-9-29-25(16)31/h4-12,19,22-24H,13-14H2,1-3H3/t19-,22-,23+,24+,27-/m1/s1. The molecule has 0 radical (unpaired) electrons. The second-order valence-corrected chi connectivity index (χ2v) is 11.2. The average molecular weight is 520 g/mol. The molecule has 3 aliphatic rings. The Labute approximate surface area is 206 Å². The number of fused-ring (bicyclic) bond motifs is 5. The molecule has 0 amide bonds. The number of aromatic nitrogens is 3. The van der Waals surface area contributed by atoms with Gasteiger partial charge in [-0.05, 0) is 85.4 Å². The molecule has 3 aromatic heterocycles. The number of ether oxygens (including phenoxy) is 3. The molecular formula is C27H26BrN3O3. The Morgan fingerprint density at radius 1 is 1.15 bits per heavy atom. The highest BCUT2D eigenvalue weighted by molar-refractivity contribution is 9.10. The minimum absolute atomic E-state index is 0.00422. The summed E-state index contributed by atoms with van der Waals surface area (Å²) in [6.07, 6.45) is 5.05. The number of aryl methyl sites for hydroxylation is 1. The van der Waals surface area contributed by atoms with Crippen molar-refractivity contribution in [3.8, 4) is 5.75 Å². The van der Waals surface area contributed by atoms with Crippen LogP contribution in [0.25, 0.3) is 21.9 Å². The van der Waals surface area contributed by atoms with E-state index in [1.54, 1.807) is 0 Å². The molecule has 1 aromatic carbocycles. The van der Waals surface area contributed by atoms with Gasteiger partial charge in [0.25, 0.3) is 0 Å². The Morgan fingerprint density at radius 3 is 2.91 bits per heavy atom. The smallest absolute Gasteiger partial charge is 0.163 e. The summed E-state index contributed by atoms with van der Waals surface area (Å²) < 4.78 is 22.7. The average Bonchev–Trinajstić information content (AvgIpc) is 3.08. The Hall–Kier alpha value is -2.48. The number of halogens is 1. The molecule has 2 saturated carbocycles. The van der Waals surface area contributed by atoms with Gasteiger partial charge in [-0.1, -0.05) is 0 Å². The fraction of sp³-hybridized carbons (Fsp3) is 0.407. The van der Waals surface area contributed by atoms with Gasteiger partial charge in [0.15, 0.2) is 5.79 Å². The lowest BCUT2D eigenvalue weighted by atomic mass is 10.0. The summed E-state index contributed by atoms with van der Waals surface area (Å²) in [6.45, 7) is 6.62. The van der Waals surface area contributed by atoms with Crippen LogP contribution >= 0.6 is 15.9 Å². The van der Waals surface area contributed by atoms with E-state index in [0.29, 0.717) is 12.5 Å². The zero-order valence-electron chi connectivity index (χ0n) is 19.4. The van der Waals surface area contributed by atoms with Gasteiger partial charge >= 0.3 is 0 Å². The van der Waals surface area contributed by atoms with Gasteiger partial charge in [0.05, 0.1) is 30.0 Å². The molecule has 5 atom stereocenters. The van der Waals surface area contributed by atoms with E-state index in [0.717, 1.165) is 44.3 Å². The molecule has 7 rings (SSSR count). The van der Waals surface area contributed by atoms with E-state index in [4.69, 9.17) is 19.2 Å². The number of nitrogens with zero attached hydrogens (tertiary/aromatic N) is 3. The molecule has 2 aliphatic carbocycles. The number of pyridine rings is 2. The summed E-state index contributed by atoms with van der Waals surface area (Å²) >= 11 is 3.57. The van der Waals surface area contributed by atoms with Crippen molar-refractivity contribution in [3.63, 3.8) is 0 Å². The minimum Gasteiger partial charge on any atom is -0.493 e. The van der Waals surface area contributed by atoms with E-state index >= 15 is 0 Å². The topological polar surface area (TPSA) is 58.4 Å². The highest BCUT2D eigenvalue weighted by Crippen LogP contribution is 2.71. The van der Waals surface area contributed by atoms with Crippen LogP contribution in [-0.4, -0.2) is 39.1 Å². The predicted molar refractivity (Wildman–Crippen MR) is 133 cm³/mol. The van der Waals surface area contributed by atoms with Crippen LogP contribution in [0.15, 0.2) is 59.3 Å². The highest BCUT2D eigenvalue weighted by Gasteiger charge is 2.76. The SMILES string of the molecule is Cc1nc2cc(OC[C@]34C[C@@H]3[C@@H](n3ccc5cccnc53)[C@@H]3OC(C)(C)O[C@@H]34)ccc2cc1Br. The van der Waals surface area contributed by atoms with Crippen LogP contribution in [0.3, 0.4) is 0 Å². The van der Waals surface area contributed by atoms with Gasteiger partial charge in [-0.15, -0.1) is 0 Å². The molecule has 1 saturated heterocycles. The third kappa shape index (κ3) is 3.00. The van der Waals surface area contributed by atoms with E-state index in [1.807, 2.05) is 45.2 Å². The van der Waals surface area contributed by atoms with Crippen LogP contribution in [0, 0.1) is 18.3 Å². The summed E-state index contributed by atoms with van der Waals surface area (Å²) in [6, 6.07) is 14.6. The van der Waals surface area contributed by atoms with Gasteiger partial charge in [-0.3, -0.25) is 4.98 Å². The minimum atomic E-state index is -0.609. The molecule has 4 aromatic rings. The zero-order valence-corrected chi connectivity index (χ0v) is 21.0. The second-order valence-electron chi connectivity index (χ2n) is 10.4. The van der Waals surface area contributed by atoms with Crippen molar-refractivity contribution in [3.05, 3.63) is 65.0 Å². The van der Waals surface area contributed by atoms with Crippen molar-refractivity contribution in [2.45, 2.75) is 51.2 Å². The summed E-state index contributed by atoms with van der Waals surface area (Å²) in [7, 11) is 0. The van der Waals surface area contributed by atoms with E-state index < -0.39 is 5.79 Å². The first-order chi connectivity index (χ1) is 16.3. The fourth-order valence-corrected chi connectivity index (χ4v) is 6.54. The molecule has 0 N–H and O–H groups in total. The van der Waals surface area contributed by atoms with Gasteiger partial charge in [0, 0.05) is 39.1 Å². The van der Waals surface area contributed by atoms with Crippen LogP contribution in [0.4, 0.5) is 0 Å². The number of hydrogen-bond acceptors (Lipinski definition) is 5. The maximum atomic E-state index is 6.50. The van der Waals surface area contributed by atoms with E-state index in [2.05, 4.69) is 55.9 Å². The molecule has 6 nitrogen and oxygen atoms in total. The number of rotatable bonds is 4. The van der Waals surface area contributed by atoms with Crippen LogP contribution in [-0.2, 0) is 9.47 Å². The van der Waals surface area contributed by atoms with E-state index in [-0.39, 0.29) is 23.7 Å². The van der Waals surface area contributed by atoms with Crippen LogP contribution in [0.2, 0.25) is 0 Å². The van der Waals surface area contributed by atoms with Crippen molar-refractivity contribution in [2.24, 2.45) is 11.3 Å². The Kier molecular flexibility index (Phi) is 4.31. The first kappa shape index (κ1) is 20.9. The molecule has 0 bridgehead atoms. The zero-order chi connectivity index (χ0) is 23.2. The molecule has 0 unspecified atom stereocenters. The van der Waals surface area contributed by atoms with Crippen LogP contribution in [0.1, 0.15) is 32.0 Å². The lowest BCUT2D eigenvalue weighted by molar-refractivity contribution is -0.162. The lowest BCUT2D eigenvalue weighted by Crippen LogP contribution is -2.34. The van der Waals surface area contributed by atoms with Gasteiger partial charge in [-0.25, -0.2) is 4.98 Å². The van der Waals surface area contributed by atoms with Gasteiger partial charge in [-0.2, -0.15) is 0 Å². The molecule has 4 heterocycles. The molecule has 1 aliphatic heterocycles. The third-order valence-electron chi connectivity index (χ3n) is 7.85. The lowest BCUT2D eigenvalue weighted by Gasteiger charge is -2.24. The summed E-state index contributed by atoms with van der Waals surface area (Å²) in [5.41, 5.74) is 2.85. The van der Waals surface area contributed by atoms with Crippen molar-refractivity contribution in [2.75, 3.05) is 6.61 Å². The largest absolute Gasteiger partial charge is 0.493 e.